The number of nitrogens with zero attached hydrogens (tertiary/aromatic N) is 2. The van der Waals surface area contributed by atoms with Gasteiger partial charge in [-0.1, -0.05) is 19.1 Å². The van der Waals surface area contributed by atoms with E-state index >= 15 is 0 Å². The van der Waals surface area contributed by atoms with Gasteiger partial charge < -0.3 is 10.6 Å². The van der Waals surface area contributed by atoms with Crippen LogP contribution in [0.15, 0.2) is 0 Å². The highest BCUT2D eigenvalue weighted by Gasteiger charge is 2.13. The van der Waals surface area contributed by atoms with Crippen molar-refractivity contribution in [3.05, 3.63) is 0 Å². The first-order chi connectivity index (χ1) is 6.97. The first-order valence-electron chi connectivity index (χ1n) is 5.64. The van der Waals surface area contributed by atoms with E-state index in [1.807, 2.05) is 0 Å². The van der Waals surface area contributed by atoms with Gasteiger partial charge in [-0.2, -0.15) is 0 Å². The topological polar surface area (TPSA) is 32.5 Å². The monoisotopic (exact) mass is 231 g/mol. The van der Waals surface area contributed by atoms with Crippen molar-refractivity contribution in [1.29, 1.82) is 0 Å². The summed E-state index contributed by atoms with van der Waals surface area (Å²) in [6.45, 7) is 7.70. The summed E-state index contributed by atoms with van der Waals surface area (Å²) < 4.78 is 0. The van der Waals surface area contributed by atoms with Crippen molar-refractivity contribution in [2.24, 2.45) is 5.73 Å². The second-order valence-electron chi connectivity index (χ2n) is 4.36. The highest BCUT2D eigenvalue weighted by atomic mass is 32.1. The molecule has 0 aromatic carbocycles. The molecule has 0 bridgehead atoms. The summed E-state index contributed by atoms with van der Waals surface area (Å²) in [5.74, 6) is 0. The third-order valence-electron chi connectivity index (χ3n) is 2.47. The third-order valence-corrected chi connectivity index (χ3v) is 2.63. The Balaban J connectivity index is 4.05. The molecular formula is C11H25N3S. The zero-order chi connectivity index (χ0) is 11.8. The summed E-state index contributed by atoms with van der Waals surface area (Å²) in [5, 5.41) is 0. The molecule has 0 amide bonds. The Kier molecular flexibility index (Phi) is 7.92. The first-order valence-corrected chi connectivity index (χ1v) is 6.05. The molecule has 0 aromatic rings. The Morgan fingerprint density at radius 2 is 1.87 bits per heavy atom. The molecule has 0 aliphatic carbocycles. The highest BCUT2D eigenvalue weighted by Crippen LogP contribution is 2.05. The van der Waals surface area contributed by atoms with Crippen molar-refractivity contribution in [2.75, 3.05) is 33.7 Å². The molecule has 90 valence electrons. The zero-order valence-electron chi connectivity index (χ0n) is 10.5. The minimum absolute atomic E-state index is 0.461. The number of rotatable bonds is 8. The Hall–Kier alpha value is -0.190. The molecule has 1 unspecified atom stereocenters. The Bertz CT molecular complexity index is 183. The molecule has 0 aliphatic rings. The molecule has 0 heterocycles. The van der Waals surface area contributed by atoms with Crippen LogP contribution in [-0.2, 0) is 0 Å². The van der Waals surface area contributed by atoms with Crippen molar-refractivity contribution in [2.45, 2.75) is 32.7 Å². The van der Waals surface area contributed by atoms with Crippen molar-refractivity contribution >= 4 is 17.2 Å². The van der Waals surface area contributed by atoms with Gasteiger partial charge in [0.1, 0.15) is 0 Å². The van der Waals surface area contributed by atoms with E-state index in [0.717, 1.165) is 26.1 Å². The minimum Gasteiger partial charge on any atom is -0.393 e. The summed E-state index contributed by atoms with van der Waals surface area (Å²) in [5.41, 5.74) is 5.58. The van der Waals surface area contributed by atoms with Crippen LogP contribution in [-0.4, -0.2) is 54.6 Å². The lowest BCUT2D eigenvalue weighted by atomic mass is 10.2. The summed E-state index contributed by atoms with van der Waals surface area (Å²) in [7, 11) is 4.20. The van der Waals surface area contributed by atoms with Crippen molar-refractivity contribution in [3.8, 4) is 0 Å². The molecule has 0 spiro atoms. The molecule has 2 N–H and O–H groups in total. The minimum atomic E-state index is 0.461. The van der Waals surface area contributed by atoms with Gasteiger partial charge in [-0.3, -0.25) is 4.90 Å². The first kappa shape index (κ1) is 14.8. The molecule has 0 saturated heterocycles. The van der Waals surface area contributed by atoms with E-state index in [9.17, 15) is 0 Å². The van der Waals surface area contributed by atoms with Gasteiger partial charge in [0.2, 0.25) is 0 Å². The predicted molar refractivity (Wildman–Crippen MR) is 71.3 cm³/mol. The van der Waals surface area contributed by atoms with Crippen LogP contribution in [0, 0.1) is 0 Å². The second-order valence-corrected chi connectivity index (χ2v) is 4.88. The number of hydrogen-bond donors (Lipinski definition) is 1. The largest absolute Gasteiger partial charge is 0.393 e. The van der Waals surface area contributed by atoms with Crippen LogP contribution in [0.5, 0.6) is 0 Å². The maximum atomic E-state index is 5.58. The summed E-state index contributed by atoms with van der Waals surface area (Å²) >= 11 is 4.95. The maximum absolute atomic E-state index is 5.58. The van der Waals surface area contributed by atoms with E-state index in [1.165, 1.54) is 6.42 Å². The fourth-order valence-electron chi connectivity index (χ4n) is 1.59. The Labute approximate surface area is 99.6 Å². The maximum Gasteiger partial charge on any atom is 0.0742 e. The van der Waals surface area contributed by atoms with E-state index < -0.39 is 0 Å². The van der Waals surface area contributed by atoms with Crippen LogP contribution >= 0.6 is 12.2 Å². The van der Waals surface area contributed by atoms with Crippen molar-refractivity contribution in [3.63, 3.8) is 0 Å². The molecule has 1 atom stereocenters. The average Bonchev–Trinajstić information content (AvgIpc) is 2.10. The van der Waals surface area contributed by atoms with Crippen LogP contribution in [0.3, 0.4) is 0 Å². The standard InChI is InChI=1S/C11H25N3S/c1-5-6-14(8-7-13(3)4)10(2)9-11(12)15/h10H,5-9H2,1-4H3,(H2,12,15). The number of hydrogen-bond acceptors (Lipinski definition) is 3. The fraction of sp³-hybridized carbons (Fsp3) is 0.909. The smallest absolute Gasteiger partial charge is 0.0742 e. The highest BCUT2D eigenvalue weighted by molar-refractivity contribution is 7.80. The van der Waals surface area contributed by atoms with Gasteiger partial charge in [-0.25, -0.2) is 0 Å². The average molecular weight is 231 g/mol. The quantitative estimate of drug-likeness (QED) is 0.639. The second kappa shape index (κ2) is 8.02. The van der Waals surface area contributed by atoms with Crippen LogP contribution in [0.2, 0.25) is 0 Å². The van der Waals surface area contributed by atoms with Crippen molar-refractivity contribution < 1.29 is 0 Å². The lowest BCUT2D eigenvalue weighted by molar-refractivity contribution is 0.192. The zero-order valence-corrected chi connectivity index (χ0v) is 11.3. The van der Waals surface area contributed by atoms with Gasteiger partial charge in [-0.15, -0.1) is 0 Å². The van der Waals surface area contributed by atoms with E-state index in [1.54, 1.807) is 0 Å². The van der Waals surface area contributed by atoms with Gasteiger partial charge >= 0.3 is 0 Å². The van der Waals surface area contributed by atoms with Crippen LogP contribution in [0.1, 0.15) is 26.7 Å². The van der Waals surface area contributed by atoms with E-state index in [0.29, 0.717) is 11.0 Å². The molecule has 15 heavy (non-hydrogen) atoms. The Morgan fingerprint density at radius 3 is 2.27 bits per heavy atom. The number of likely N-dealkylation sites (N-methyl/N-ethyl adjacent to an activating group) is 1. The van der Waals surface area contributed by atoms with Crippen molar-refractivity contribution in [1.82, 2.24) is 9.80 Å². The van der Waals surface area contributed by atoms with E-state index in [2.05, 4.69) is 37.7 Å². The van der Waals surface area contributed by atoms with Gasteiger partial charge in [0.25, 0.3) is 0 Å². The molecule has 0 fully saturated rings. The molecule has 0 aliphatic heterocycles. The molecule has 0 rings (SSSR count). The van der Waals surface area contributed by atoms with Crippen LogP contribution in [0.4, 0.5) is 0 Å². The molecule has 0 radical (unpaired) electrons. The van der Waals surface area contributed by atoms with E-state index in [-0.39, 0.29) is 0 Å². The number of nitrogens with two attached hydrogens (primary N) is 1. The number of thiocarbonyl (C=S) groups is 1. The molecular weight excluding hydrogens is 206 g/mol. The summed E-state index contributed by atoms with van der Waals surface area (Å²) in [6, 6.07) is 0.461. The summed E-state index contributed by atoms with van der Waals surface area (Å²) in [6.07, 6.45) is 2.00. The molecule has 0 aromatic heterocycles. The van der Waals surface area contributed by atoms with E-state index in [4.69, 9.17) is 18.0 Å². The van der Waals surface area contributed by atoms with Gasteiger partial charge in [0.15, 0.2) is 0 Å². The van der Waals surface area contributed by atoms with Gasteiger partial charge in [-0.05, 0) is 34.0 Å². The van der Waals surface area contributed by atoms with Crippen LogP contribution < -0.4 is 5.73 Å². The van der Waals surface area contributed by atoms with Gasteiger partial charge in [0.05, 0.1) is 4.99 Å². The molecule has 0 saturated carbocycles. The molecule has 4 heteroatoms. The summed E-state index contributed by atoms with van der Waals surface area (Å²) in [4.78, 5) is 5.28. The predicted octanol–water partition coefficient (Wildman–Crippen LogP) is 1.32. The molecule has 3 nitrogen and oxygen atoms in total. The Morgan fingerprint density at radius 1 is 1.27 bits per heavy atom. The third kappa shape index (κ3) is 7.71. The lowest BCUT2D eigenvalue weighted by Crippen LogP contribution is -2.40. The van der Waals surface area contributed by atoms with Gasteiger partial charge in [0, 0.05) is 25.6 Å². The van der Waals surface area contributed by atoms with Crippen LogP contribution in [0.25, 0.3) is 0 Å². The lowest BCUT2D eigenvalue weighted by Gasteiger charge is -2.29. The SMILES string of the molecule is CCCN(CCN(C)C)C(C)CC(N)=S. The fourth-order valence-corrected chi connectivity index (χ4v) is 1.83. The normalized spacial score (nSPS) is 13.5.